The number of hydrogen-bond acceptors (Lipinski definition) is 3. The molecule has 0 spiro atoms. The lowest BCUT2D eigenvalue weighted by Gasteiger charge is -2.05. The van der Waals surface area contributed by atoms with Crippen LogP contribution in [0.15, 0.2) is 22.8 Å². The first-order valence-electron chi connectivity index (χ1n) is 3.62. The monoisotopic (exact) mass is 171 g/mol. The predicted molar refractivity (Wildman–Crippen MR) is 48.6 cm³/mol. The minimum atomic E-state index is 0.0671. The van der Waals surface area contributed by atoms with Crippen molar-refractivity contribution in [2.24, 2.45) is 5.73 Å². The molecule has 3 heteroatoms. The molecule has 2 nitrogen and oxygen atoms in total. The third-order valence-corrected chi connectivity index (χ3v) is 2.19. The fourth-order valence-corrected chi connectivity index (χ4v) is 1.38. The Morgan fingerprint density at radius 1 is 1.73 bits per heavy atom. The minimum Gasteiger partial charge on any atom is -0.468 e. The maximum atomic E-state index is 5.82. The average molecular weight is 171 g/mol. The van der Waals surface area contributed by atoms with Crippen molar-refractivity contribution in [1.82, 2.24) is 0 Å². The van der Waals surface area contributed by atoms with Crippen molar-refractivity contribution in [3.8, 4) is 0 Å². The molecule has 0 saturated carbocycles. The van der Waals surface area contributed by atoms with Crippen LogP contribution in [-0.4, -0.2) is 12.0 Å². The molecule has 1 unspecified atom stereocenters. The quantitative estimate of drug-likeness (QED) is 0.753. The van der Waals surface area contributed by atoms with Crippen molar-refractivity contribution < 1.29 is 4.42 Å². The Labute approximate surface area is 71.1 Å². The summed E-state index contributed by atoms with van der Waals surface area (Å²) < 4.78 is 5.16. The van der Waals surface area contributed by atoms with Crippen LogP contribution in [0.4, 0.5) is 0 Å². The van der Waals surface area contributed by atoms with Crippen LogP contribution in [0.25, 0.3) is 0 Å². The van der Waals surface area contributed by atoms with Crippen LogP contribution in [0, 0.1) is 0 Å². The summed E-state index contributed by atoms with van der Waals surface area (Å²) in [5.41, 5.74) is 5.82. The van der Waals surface area contributed by atoms with E-state index in [9.17, 15) is 0 Å². The van der Waals surface area contributed by atoms with Gasteiger partial charge in [0.1, 0.15) is 5.76 Å². The molecule has 0 amide bonds. The SMILES string of the molecule is CSCCC(N)c1ccco1. The van der Waals surface area contributed by atoms with Crippen molar-refractivity contribution in [2.75, 3.05) is 12.0 Å². The molecule has 0 bridgehead atoms. The summed E-state index contributed by atoms with van der Waals surface area (Å²) in [5, 5.41) is 0. The maximum absolute atomic E-state index is 5.82. The number of furan rings is 1. The van der Waals surface area contributed by atoms with E-state index >= 15 is 0 Å². The molecule has 0 aliphatic rings. The van der Waals surface area contributed by atoms with Crippen LogP contribution in [0.3, 0.4) is 0 Å². The summed E-state index contributed by atoms with van der Waals surface area (Å²) in [7, 11) is 0. The molecule has 0 radical (unpaired) electrons. The highest BCUT2D eigenvalue weighted by Gasteiger charge is 2.06. The minimum absolute atomic E-state index is 0.0671. The summed E-state index contributed by atoms with van der Waals surface area (Å²) in [5.74, 6) is 1.97. The maximum Gasteiger partial charge on any atom is 0.120 e. The molecule has 2 N–H and O–H groups in total. The van der Waals surface area contributed by atoms with E-state index < -0.39 is 0 Å². The summed E-state index contributed by atoms with van der Waals surface area (Å²) in [4.78, 5) is 0. The highest BCUT2D eigenvalue weighted by molar-refractivity contribution is 7.98. The third kappa shape index (κ3) is 2.60. The zero-order chi connectivity index (χ0) is 8.10. The van der Waals surface area contributed by atoms with Gasteiger partial charge in [-0.25, -0.2) is 0 Å². The third-order valence-electron chi connectivity index (χ3n) is 1.54. The normalized spacial score (nSPS) is 13.3. The molecule has 0 aliphatic heterocycles. The van der Waals surface area contributed by atoms with Crippen molar-refractivity contribution in [3.63, 3.8) is 0 Å². The van der Waals surface area contributed by atoms with E-state index in [2.05, 4.69) is 6.26 Å². The molecule has 11 heavy (non-hydrogen) atoms. The Morgan fingerprint density at radius 3 is 3.09 bits per heavy atom. The van der Waals surface area contributed by atoms with Crippen molar-refractivity contribution >= 4 is 11.8 Å². The molecule has 1 atom stereocenters. The van der Waals surface area contributed by atoms with Gasteiger partial charge in [0.25, 0.3) is 0 Å². The largest absolute Gasteiger partial charge is 0.468 e. The van der Waals surface area contributed by atoms with Gasteiger partial charge in [-0.15, -0.1) is 0 Å². The Balaban J connectivity index is 2.36. The zero-order valence-corrected chi connectivity index (χ0v) is 7.43. The fourth-order valence-electron chi connectivity index (χ4n) is 0.889. The van der Waals surface area contributed by atoms with Gasteiger partial charge < -0.3 is 10.2 Å². The molecule has 0 fully saturated rings. The van der Waals surface area contributed by atoms with Crippen molar-refractivity contribution in [3.05, 3.63) is 24.2 Å². The van der Waals surface area contributed by atoms with Gasteiger partial charge in [-0.3, -0.25) is 0 Å². The molecule has 0 aliphatic carbocycles. The van der Waals surface area contributed by atoms with Gasteiger partial charge >= 0.3 is 0 Å². The summed E-state index contributed by atoms with van der Waals surface area (Å²) in [6, 6.07) is 3.86. The molecule has 1 aromatic heterocycles. The fraction of sp³-hybridized carbons (Fsp3) is 0.500. The zero-order valence-electron chi connectivity index (χ0n) is 6.62. The average Bonchev–Trinajstić information content (AvgIpc) is 2.52. The number of nitrogens with two attached hydrogens (primary N) is 1. The van der Waals surface area contributed by atoms with Crippen LogP contribution in [0.5, 0.6) is 0 Å². The Bertz CT molecular complexity index is 186. The second-order valence-corrected chi connectivity index (χ2v) is 3.39. The number of rotatable bonds is 4. The Hall–Kier alpha value is -0.410. The lowest BCUT2D eigenvalue weighted by Crippen LogP contribution is -2.09. The molecule has 1 aromatic rings. The Kier molecular flexibility index (Phi) is 3.52. The predicted octanol–water partition coefficient (Wildman–Crippen LogP) is 2.03. The van der Waals surface area contributed by atoms with E-state index in [0.717, 1.165) is 17.9 Å². The highest BCUT2D eigenvalue weighted by atomic mass is 32.2. The smallest absolute Gasteiger partial charge is 0.120 e. The van der Waals surface area contributed by atoms with Gasteiger partial charge in [-0.1, -0.05) is 0 Å². The van der Waals surface area contributed by atoms with Crippen LogP contribution >= 0.6 is 11.8 Å². The van der Waals surface area contributed by atoms with Crippen LogP contribution in [0.2, 0.25) is 0 Å². The first kappa shape index (κ1) is 8.68. The number of hydrogen-bond donors (Lipinski definition) is 1. The summed E-state index contributed by atoms with van der Waals surface area (Å²) >= 11 is 1.81. The van der Waals surface area contributed by atoms with Crippen LogP contribution < -0.4 is 5.73 Å². The lowest BCUT2D eigenvalue weighted by molar-refractivity contribution is 0.461. The van der Waals surface area contributed by atoms with Gasteiger partial charge in [-0.05, 0) is 30.6 Å². The summed E-state index contributed by atoms with van der Waals surface area (Å²) in [6.45, 7) is 0. The van der Waals surface area contributed by atoms with E-state index in [-0.39, 0.29) is 6.04 Å². The molecule has 1 rings (SSSR count). The molecule has 0 saturated heterocycles. The second-order valence-electron chi connectivity index (χ2n) is 2.40. The molecule has 1 heterocycles. The first-order valence-corrected chi connectivity index (χ1v) is 5.02. The van der Waals surface area contributed by atoms with E-state index in [1.165, 1.54) is 0 Å². The van der Waals surface area contributed by atoms with E-state index in [0.29, 0.717) is 0 Å². The molecular weight excluding hydrogens is 158 g/mol. The molecule has 62 valence electrons. The van der Waals surface area contributed by atoms with Gasteiger partial charge in [-0.2, -0.15) is 11.8 Å². The van der Waals surface area contributed by atoms with Crippen molar-refractivity contribution in [2.45, 2.75) is 12.5 Å². The van der Waals surface area contributed by atoms with E-state index in [4.69, 9.17) is 10.2 Å². The topological polar surface area (TPSA) is 39.2 Å². The first-order chi connectivity index (χ1) is 5.34. The molecule has 0 aromatic carbocycles. The number of thioether (sulfide) groups is 1. The van der Waals surface area contributed by atoms with E-state index in [1.54, 1.807) is 18.0 Å². The van der Waals surface area contributed by atoms with Crippen LogP contribution in [0.1, 0.15) is 18.2 Å². The van der Waals surface area contributed by atoms with Crippen molar-refractivity contribution in [1.29, 1.82) is 0 Å². The molecular formula is C8H13NOS. The second kappa shape index (κ2) is 4.46. The van der Waals surface area contributed by atoms with Crippen LogP contribution in [-0.2, 0) is 0 Å². The Morgan fingerprint density at radius 2 is 2.55 bits per heavy atom. The van der Waals surface area contributed by atoms with Gasteiger partial charge in [0, 0.05) is 0 Å². The standard InChI is InChI=1S/C8H13NOS/c1-11-6-4-7(9)8-3-2-5-10-8/h2-3,5,7H,4,6,9H2,1H3. The van der Waals surface area contributed by atoms with E-state index in [1.807, 2.05) is 12.1 Å². The van der Waals surface area contributed by atoms with Gasteiger partial charge in [0.05, 0.1) is 12.3 Å². The van der Waals surface area contributed by atoms with Gasteiger partial charge in [0.15, 0.2) is 0 Å². The van der Waals surface area contributed by atoms with Gasteiger partial charge in [0.2, 0.25) is 0 Å². The summed E-state index contributed by atoms with van der Waals surface area (Å²) in [6.07, 6.45) is 4.72. The highest BCUT2D eigenvalue weighted by Crippen LogP contribution is 2.15. The lowest BCUT2D eigenvalue weighted by atomic mass is 10.2.